The highest BCUT2D eigenvalue weighted by atomic mass is 16.7. The first-order valence-electron chi connectivity index (χ1n) is 6.45. The van der Waals surface area contributed by atoms with Crippen molar-refractivity contribution < 1.29 is 19.0 Å². The lowest BCUT2D eigenvalue weighted by Gasteiger charge is -2.17. The van der Waals surface area contributed by atoms with Crippen LogP contribution >= 0.6 is 0 Å². The highest BCUT2D eigenvalue weighted by Gasteiger charge is 2.32. The first-order chi connectivity index (χ1) is 9.41. The van der Waals surface area contributed by atoms with Gasteiger partial charge in [-0.1, -0.05) is 0 Å². The van der Waals surface area contributed by atoms with Crippen LogP contribution in [0.5, 0.6) is 5.75 Å². The van der Waals surface area contributed by atoms with Gasteiger partial charge in [0.05, 0.1) is 19.3 Å². The number of ether oxygens (including phenoxy) is 3. The molecular formula is C14H20N2O4. The van der Waals surface area contributed by atoms with E-state index in [0.29, 0.717) is 30.2 Å². The summed E-state index contributed by atoms with van der Waals surface area (Å²) in [5, 5.41) is 2.79. The van der Waals surface area contributed by atoms with Gasteiger partial charge in [-0.2, -0.15) is 0 Å². The van der Waals surface area contributed by atoms with Gasteiger partial charge in [-0.3, -0.25) is 4.79 Å². The van der Waals surface area contributed by atoms with Crippen molar-refractivity contribution in [2.24, 2.45) is 0 Å². The largest absolute Gasteiger partial charge is 0.497 e. The van der Waals surface area contributed by atoms with Gasteiger partial charge in [-0.05, 0) is 32.0 Å². The van der Waals surface area contributed by atoms with Crippen molar-refractivity contribution in [2.75, 3.05) is 26.0 Å². The summed E-state index contributed by atoms with van der Waals surface area (Å²) in [7, 11) is 1.54. The molecule has 1 heterocycles. The van der Waals surface area contributed by atoms with Gasteiger partial charge in [-0.15, -0.1) is 0 Å². The summed E-state index contributed by atoms with van der Waals surface area (Å²) in [6.07, 6.45) is -0.152. The number of carbonyl (C=O) groups excluding carboxylic acids is 1. The van der Waals surface area contributed by atoms with E-state index in [1.54, 1.807) is 25.3 Å². The zero-order chi connectivity index (χ0) is 14.8. The number of methoxy groups -OCH3 is 1. The standard InChI is InChI=1S/C14H20N2O4/c1-14(2)19-8-10(20-14)7-16-13(17)11-6-9(18-3)4-5-12(11)15/h4-6,10H,7-8,15H2,1-3H3,(H,16,17). The quantitative estimate of drug-likeness (QED) is 0.809. The molecule has 1 unspecified atom stereocenters. The SMILES string of the molecule is COc1ccc(N)c(C(=O)NCC2COC(C)(C)O2)c1. The minimum absolute atomic E-state index is 0.152. The Kier molecular flexibility index (Phi) is 4.15. The van der Waals surface area contributed by atoms with Crippen LogP contribution in [0.3, 0.4) is 0 Å². The number of carbonyl (C=O) groups is 1. The van der Waals surface area contributed by atoms with Gasteiger partial charge in [0.15, 0.2) is 5.79 Å². The van der Waals surface area contributed by atoms with Gasteiger partial charge >= 0.3 is 0 Å². The van der Waals surface area contributed by atoms with Gasteiger partial charge in [0, 0.05) is 12.2 Å². The molecule has 0 spiro atoms. The van der Waals surface area contributed by atoms with E-state index in [-0.39, 0.29) is 12.0 Å². The number of anilines is 1. The summed E-state index contributed by atoms with van der Waals surface area (Å²) >= 11 is 0. The first-order valence-corrected chi connectivity index (χ1v) is 6.45. The Morgan fingerprint density at radius 3 is 2.90 bits per heavy atom. The molecule has 0 radical (unpaired) electrons. The molecule has 2 rings (SSSR count). The Morgan fingerprint density at radius 1 is 1.55 bits per heavy atom. The molecule has 0 bridgehead atoms. The van der Waals surface area contributed by atoms with Crippen LogP contribution in [-0.2, 0) is 9.47 Å². The fourth-order valence-electron chi connectivity index (χ4n) is 2.02. The summed E-state index contributed by atoms with van der Waals surface area (Å²) < 4.78 is 16.1. The molecule has 1 aliphatic rings. The maximum Gasteiger partial charge on any atom is 0.253 e. The molecule has 1 atom stereocenters. The maximum atomic E-state index is 12.1. The highest BCUT2D eigenvalue weighted by Crippen LogP contribution is 2.22. The van der Waals surface area contributed by atoms with Crippen molar-refractivity contribution in [2.45, 2.75) is 25.7 Å². The summed E-state index contributed by atoms with van der Waals surface area (Å²) in [5.41, 5.74) is 6.60. The minimum Gasteiger partial charge on any atom is -0.497 e. The maximum absolute atomic E-state index is 12.1. The number of hydrogen-bond donors (Lipinski definition) is 2. The molecule has 0 aromatic heterocycles. The number of benzene rings is 1. The average molecular weight is 280 g/mol. The molecule has 1 aromatic rings. The van der Waals surface area contributed by atoms with Gasteiger partial charge in [0.25, 0.3) is 5.91 Å². The van der Waals surface area contributed by atoms with Crippen LogP contribution in [-0.4, -0.2) is 38.1 Å². The third-order valence-corrected chi connectivity index (χ3v) is 3.06. The number of amides is 1. The molecule has 1 amide bonds. The summed E-state index contributed by atoms with van der Waals surface area (Å²) in [5.74, 6) is -0.259. The predicted molar refractivity (Wildman–Crippen MR) is 74.6 cm³/mol. The van der Waals surface area contributed by atoms with Crippen molar-refractivity contribution in [3.8, 4) is 5.75 Å². The van der Waals surface area contributed by atoms with Crippen LogP contribution in [0.15, 0.2) is 18.2 Å². The third kappa shape index (κ3) is 3.40. The molecule has 1 fully saturated rings. The fourth-order valence-corrected chi connectivity index (χ4v) is 2.02. The predicted octanol–water partition coefficient (Wildman–Crippen LogP) is 1.16. The molecule has 3 N–H and O–H groups in total. The zero-order valence-corrected chi connectivity index (χ0v) is 11.9. The highest BCUT2D eigenvalue weighted by molar-refractivity contribution is 5.99. The lowest BCUT2D eigenvalue weighted by atomic mass is 10.1. The topological polar surface area (TPSA) is 82.8 Å². The van der Waals surface area contributed by atoms with Crippen LogP contribution < -0.4 is 15.8 Å². The van der Waals surface area contributed by atoms with Crippen molar-refractivity contribution in [3.05, 3.63) is 23.8 Å². The minimum atomic E-state index is -0.593. The molecule has 6 heteroatoms. The number of nitrogens with one attached hydrogen (secondary N) is 1. The zero-order valence-electron chi connectivity index (χ0n) is 11.9. The normalized spacial score (nSPS) is 20.6. The second-order valence-corrected chi connectivity index (χ2v) is 5.11. The molecule has 20 heavy (non-hydrogen) atoms. The van der Waals surface area contributed by atoms with Crippen LogP contribution in [0.4, 0.5) is 5.69 Å². The van der Waals surface area contributed by atoms with E-state index in [1.807, 2.05) is 13.8 Å². The molecule has 6 nitrogen and oxygen atoms in total. The van der Waals surface area contributed by atoms with Crippen LogP contribution in [0.25, 0.3) is 0 Å². The lowest BCUT2D eigenvalue weighted by Crippen LogP contribution is -2.34. The Balaban J connectivity index is 1.95. The second-order valence-electron chi connectivity index (χ2n) is 5.11. The number of nitrogen functional groups attached to an aromatic ring is 1. The van der Waals surface area contributed by atoms with Gasteiger partial charge in [-0.25, -0.2) is 0 Å². The molecule has 0 aliphatic carbocycles. The average Bonchev–Trinajstić information content (AvgIpc) is 2.76. The number of hydrogen-bond acceptors (Lipinski definition) is 5. The van der Waals surface area contributed by atoms with Crippen molar-refractivity contribution >= 4 is 11.6 Å². The van der Waals surface area contributed by atoms with E-state index in [2.05, 4.69) is 5.32 Å². The van der Waals surface area contributed by atoms with Crippen LogP contribution in [0.1, 0.15) is 24.2 Å². The Morgan fingerprint density at radius 2 is 2.30 bits per heavy atom. The smallest absolute Gasteiger partial charge is 0.253 e. The number of nitrogens with two attached hydrogens (primary N) is 1. The second kappa shape index (κ2) is 5.68. The molecule has 0 saturated carbocycles. The number of rotatable bonds is 4. The van der Waals surface area contributed by atoms with Crippen LogP contribution in [0, 0.1) is 0 Å². The van der Waals surface area contributed by atoms with E-state index in [9.17, 15) is 4.79 Å². The molecule has 1 aromatic carbocycles. The van der Waals surface area contributed by atoms with Gasteiger partial charge in [0.1, 0.15) is 11.9 Å². The van der Waals surface area contributed by atoms with Crippen LogP contribution in [0.2, 0.25) is 0 Å². The van der Waals surface area contributed by atoms with E-state index < -0.39 is 5.79 Å². The van der Waals surface area contributed by atoms with E-state index in [0.717, 1.165) is 0 Å². The summed E-state index contributed by atoms with van der Waals surface area (Å²) in [6.45, 7) is 4.52. The molecule has 1 aliphatic heterocycles. The Hall–Kier alpha value is -1.79. The monoisotopic (exact) mass is 280 g/mol. The summed E-state index contributed by atoms with van der Waals surface area (Å²) in [4.78, 5) is 12.1. The Bertz CT molecular complexity index is 502. The van der Waals surface area contributed by atoms with E-state index in [4.69, 9.17) is 19.9 Å². The van der Waals surface area contributed by atoms with Crippen molar-refractivity contribution in [3.63, 3.8) is 0 Å². The van der Waals surface area contributed by atoms with E-state index >= 15 is 0 Å². The van der Waals surface area contributed by atoms with E-state index in [1.165, 1.54) is 0 Å². The first kappa shape index (κ1) is 14.6. The molecule has 1 saturated heterocycles. The van der Waals surface area contributed by atoms with Crippen molar-refractivity contribution in [1.29, 1.82) is 0 Å². The Labute approximate surface area is 118 Å². The lowest BCUT2D eigenvalue weighted by molar-refractivity contribution is -0.137. The van der Waals surface area contributed by atoms with Gasteiger partial charge in [0.2, 0.25) is 0 Å². The van der Waals surface area contributed by atoms with Crippen molar-refractivity contribution in [1.82, 2.24) is 5.32 Å². The summed E-state index contributed by atoms with van der Waals surface area (Å²) in [6, 6.07) is 4.97. The molecular weight excluding hydrogens is 260 g/mol. The molecule has 110 valence electrons. The van der Waals surface area contributed by atoms with Gasteiger partial charge < -0.3 is 25.3 Å². The fraction of sp³-hybridized carbons (Fsp3) is 0.500. The third-order valence-electron chi connectivity index (χ3n) is 3.06.